The van der Waals surface area contributed by atoms with E-state index in [0.717, 1.165) is 42.4 Å². The summed E-state index contributed by atoms with van der Waals surface area (Å²) >= 11 is 0. The van der Waals surface area contributed by atoms with Crippen molar-refractivity contribution in [1.29, 1.82) is 0 Å². The van der Waals surface area contributed by atoms with E-state index < -0.39 is 0 Å². The molecule has 0 radical (unpaired) electrons. The van der Waals surface area contributed by atoms with Crippen LogP contribution in [0.3, 0.4) is 0 Å². The average molecular weight is 259 g/mol. The fourth-order valence-electron chi connectivity index (χ4n) is 2.30. The van der Waals surface area contributed by atoms with Gasteiger partial charge in [0.1, 0.15) is 0 Å². The normalized spacial score (nSPS) is 10.9. The summed E-state index contributed by atoms with van der Waals surface area (Å²) in [6.07, 6.45) is 1.93. The lowest BCUT2D eigenvalue weighted by atomic mass is 10.1. The first-order valence-corrected chi connectivity index (χ1v) is 6.91. The Kier molecular flexibility index (Phi) is 4.20. The molecule has 19 heavy (non-hydrogen) atoms. The summed E-state index contributed by atoms with van der Waals surface area (Å²) in [6.45, 7) is 7.77. The van der Waals surface area contributed by atoms with Crippen LogP contribution < -0.4 is 0 Å². The van der Waals surface area contributed by atoms with Crippen LogP contribution in [-0.4, -0.2) is 34.1 Å². The van der Waals surface area contributed by atoms with Gasteiger partial charge in [-0.05, 0) is 31.9 Å². The Labute approximate surface area is 113 Å². The molecule has 2 aromatic rings. The Morgan fingerprint density at radius 2 is 1.95 bits per heavy atom. The van der Waals surface area contributed by atoms with Crippen LogP contribution in [0.25, 0.3) is 10.9 Å². The minimum absolute atomic E-state index is 0.0283. The second kappa shape index (κ2) is 5.87. The van der Waals surface area contributed by atoms with Crippen LogP contribution in [0.15, 0.2) is 18.2 Å². The third kappa shape index (κ3) is 2.78. The van der Waals surface area contributed by atoms with Crippen molar-refractivity contribution in [3.05, 3.63) is 29.5 Å². The highest BCUT2D eigenvalue weighted by Crippen LogP contribution is 2.19. The SMILES string of the molecule is CCCN(CCC)C(=O)c1n[nH]c2ccc(C)cc12. The van der Waals surface area contributed by atoms with Gasteiger partial charge >= 0.3 is 0 Å². The molecule has 0 atom stereocenters. The van der Waals surface area contributed by atoms with Crippen molar-refractivity contribution in [2.24, 2.45) is 0 Å². The summed E-state index contributed by atoms with van der Waals surface area (Å²) in [5.74, 6) is 0.0283. The van der Waals surface area contributed by atoms with E-state index in [9.17, 15) is 4.79 Å². The summed E-state index contributed by atoms with van der Waals surface area (Å²) < 4.78 is 0. The standard InChI is InChI=1S/C15H21N3O/c1-4-8-18(9-5-2)15(19)14-12-10-11(3)6-7-13(12)16-17-14/h6-7,10H,4-5,8-9H2,1-3H3,(H,16,17). The third-order valence-electron chi connectivity index (χ3n) is 3.20. The number of fused-ring (bicyclic) bond motifs is 1. The van der Waals surface area contributed by atoms with Gasteiger partial charge in [-0.25, -0.2) is 0 Å². The van der Waals surface area contributed by atoms with Gasteiger partial charge in [0.15, 0.2) is 5.69 Å². The lowest BCUT2D eigenvalue weighted by molar-refractivity contribution is 0.0751. The van der Waals surface area contributed by atoms with E-state index in [-0.39, 0.29) is 5.91 Å². The van der Waals surface area contributed by atoms with E-state index in [1.165, 1.54) is 0 Å². The van der Waals surface area contributed by atoms with E-state index in [4.69, 9.17) is 0 Å². The minimum Gasteiger partial charge on any atom is -0.337 e. The predicted octanol–water partition coefficient (Wildman–Crippen LogP) is 3.13. The maximum absolute atomic E-state index is 12.6. The molecule has 0 saturated carbocycles. The van der Waals surface area contributed by atoms with E-state index >= 15 is 0 Å². The number of nitrogens with zero attached hydrogens (tertiary/aromatic N) is 2. The maximum Gasteiger partial charge on any atom is 0.274 e. The first-order chi connectivity index (χ1) is 9.17. The number of rotatable bonds is 5. The fraction of sp³-hybridized carbons (Fsp3) is 0.467. The van der Waals surface area contributed by atoms with Gasteiger partial charge in [0.2, 0.25) is 0 Å². The number of carbonyl (C=O) groups is 1. The van der Waals surface area contributed by atoms with Crippen molar-refractivity contribution in [1.82, 2.24) is 15.1 Å². The Hall–Kier alpha value is -1.84. The van der Waals surface area contributed by atoms with Gasteiger partial charge in [0.05, 0.1) is 5.52 Å². The number of benzene rings is 1. The number of hydrogen-bond acceptors (Lipinski definition) is 2. The Morgan fingerprint density at radius 1 is 1.26 bits per heavy atom. The smallest absolute Gasteiger partial charge is 0.274 e. The van der Waals surface area contributed by atoms with E-state index in [0.29, 0.717) is 5.69 Å². The molecular weight excluding hydrogens is 238 g/mol. The second-order valence-corrected chi connectivity index (χ2v) is 4.91. The molecule has 0 saturated heterocycles. The number of hydrogen-bond donors (Lipinski definition) is 1. The number of amides is 1. The van der Waals surface area contributed by atoms with Crippen LogP contribution >= 0.6 is 0 Å². The number of aryl methyl sites for hydroxylation is 1. The monoisotopic (exact) mass is 259 g/mol. The topological polar surface area (TPSA) is 49.0 Å². The first-order valence-electron chi connectivity index (χ1n) is 6.91. The molecular formula is C15H21N3O. The number of aromatic amines is 1. The van der Waals surface area contributed by atoms with Crippen molar-refractivity contribution >= 4 is 16.8 Å². The molecule has 1 heterocycles. The lowest BCUT2D eigenvalue weighted by Gasteiger charge is -2.20. The fourth-order valence-corrected chi connectivity index (χ4v) is 2.30. The van der Waals surface area contributed by atoms with Gasteiger partial charge in [-0.2, -0.15) is 5.10 Å². The Morgan fingerprint density at radius 3 is 2.58 bits per heavy atom. The first kappa shape index (κ1) is 13.6. The zero-order valence-electron chi connectivity index (χ0n) is 11.9. The van der Waals surface area contributed by atoms with Gasteiger partial charge < -0.3 is 4.90 Å². The number of nitrogens with one attached hydrogen (secondary N) is 1. The van der Waals surface area contributed by atoms with Crippen LogP contribution in [0.5, 0.6) is 0 Å². The van der Waals surface area contributed by atoms with E-state index in [2.05, 4.69) is 24.0 Å². The summed E-state index contributed by atoms with van der Waals surface area (Å²) in [7, 11) is 0. The molecule has 0 bridgehead atoms. The molecule has 2 rings (SSSR count). The minimum atomic E-state index is 0.0283. The van der Waals surface area contributed by atoms with Gasteiger partial charge in [0, 0.05) is 18.5 Å². The summed E-state index contributed by atoms with van der Waals surface area (Å²) in [6, 6.07) is 6.01. The number of aromatic nitrogens is 2. The molecule has 1 amide bonds. The number of carbonyl (C=O) groups excluding carboxylic acids is 1. The maximum atomic E-state index is 12.6. The van der Waals surface area contributed by atoms with Crippen LogP contribution in [0.2, 0.25) is 0 Å². The third-order valence-corrected chi connectivity index (χ3v) is 3.20. The summed E-state index contributed by atoms with van der Waals surface area (Å²) in [5.41, 5.74) is 2.60. The zero-order chi connectivity index (χ0) is 13.8. The summed E-state index contributed by atoms with van der Waals surface area (Å²) in [5, 5.41) is 8.06. The van der Waals surface area contributed by atoms with Crippen LogP contribution in [0.4, 0.5) is 0 Å². The highest BCUT2D eigenvalue weighted by atomic mass is 16.2. The largest absolute Gasteiger partial charge is 0.337 e. The quantitative estimate of drug-likeness (QED) is 0.896. The van der Waals surface area contributed by atoms with Crippen molar-refractivity contribution < 1.29 is 4.79 Å². The molecule has 1 aromatic heterocycles. The Bertz CT molecular complexity index is 568. The van der Waals surface area contributed by atoms with Crippen LogP contribution in [0.1, 0.15) is 42.7 Å². The van der Waals surface area contributed by atoms with Gasteiger partial charge in [-0.1, -0.05) is 25.5 Å². The number of H-pyrrole nitrogens is 1. The average Bonchev–Trinajstić information content (AvgIpc) is 2.80. The van der Waals surface area contributed by atoms with Crippen molar-refractivity contribution in [2.45, 2.75) is 33.6 Å². The molecule has 1 aromatic carbocycles. The second-order valence-electron chi connectivity index (χ2n) is 4.91. The van der Waals surface area contributed by atoms with Gasteiger partial charge in [-0.15, -0.1) is 0 Å². The molecule has 0 aliphatic heterocycles. The molecule has 0 fully saturated rings. The molecule has 4 heteroatoms. The van der Waals surface area contributed by atoms with Crippen LogP contribution in [0, 0.1) is 6.92 Å². The summed E-state index contributed by atoms with van der Waals surface area (Å²) in [4.78, 5) is 14.4. The Balaban J connectivity index is 2.36. The van der Waals surface area contributed by atoms with Crippen molar-refractivity contribution in [3.63, 3.8) is 0 Å². The van der Waals surface area contributed by atoms with Crippen molar-refractivity contribution in [3.8, 4) is 0 Å². The lowest BCUT2D eigenvalue weighted by Crippen LogP contribution is -2.32. The molecule has 4 nitrogen and oxygen atoms in total. The van der Waals surface area contributed by atoms with Gasteiger partial charge in [0.25, 0.3) is 5.91 Å². The zero-order valence-corrected chi connectivity index (χ0v) is 11.9. The molecule has 1 N–H and O–H groups in total. The van der Waals surface area contributed by atoms with Gasteiger partial charge in [-0.3, -0.25) is 9.89 Å². The highest BCUT2D eigenvalue weighted by molar-refractivity contribution is 6.04. The highest BCUT2D eigenvalue weighted by Gasteiger charge is 2.19. The molecule has 0 aliphatic rings. The van der Waals surface area contributed by atoms with Crippen molar-refractivity contribution in [2.75, 3.05) is 13.1 Å². The molecule has 102 valence electrons. The molecule has 0 aliphatic carbocycles. The van der Waals surface area contributed by atoms with E-state index in [1.54, 1.807) is 0 Å². The molecule has 0 spiro atoms. The predicted molar refractivity (Wildman–Crippen MR) is 77.3 cm³/mol. The molecule has 0 unspecified atom stereocenters. The van der Waals surface area contributed by atoms with E-state index in [1.807, 2.05) is 30.0 Å². The van der Waals surface area contributed by atoms with Crippen LogP contribution in [-0.2, 0) is 0 Å².